The molecule has 0 aliphatic rings. The number of aromatic nitrogens is 3. The number of rotatable bonds is 15. The van der Waals surface area contributed by atoms with Gasteiger partial charge in [-0.05, 0) is 0 Å². The minimum Gasteiger partial charge on any atom is -0.378 e. The second kappa shape index (κ2) is 14.4. The molecule has 0 fully saturated rings. The lowest BCUT2D eigenvalue weighted by Crippen LogP contribution is -2.55. The van der Waals surface area contributed by atoms with E-state index in [2.05, 4.69) is 37.9 Å². The zero-order valence-electron chi connectivity index (χ0n) is 17.7. The molecule has 1 heterocycles. The Morgan fingerprint density at radius 1 is 0.600 bits per heavy atom. The van der Waals surface area contributed by atoms with Crippen molar-refractivity contribution >= 4 is 37.9 Å². The minimum absolute atomic E-state index is 0.0293. The standard InChI is InChI=1S/C18H33N3O6S3/c1-13(28)10-25-7-4-19-16(22)20(5-8-26-11-14(2)29)18(24)21(17(19)23)6-9-27-12-15(3)30/h13-15,28-30H,4-12H2,1-3H3. The average molecular weight is 484 g/mol. The molecule has 0 aromatic carbocycles. The van der Waals surface area contributed by atoms with Gasteiger partial charge in [-0.1, -0.05) is 20.8 Å². The van der Waals surface area contributed by atoms with Crippen molar-refractivity contribution in [2.75, 3.05) is 39.6 Å². The summed E-state index contributed by atoms with van der Waals surface area (Å²) in [5.41, 5.74) is -2.05. The second-order valence-electron chi connectivity index (χ2n) is 7.07. The Hall–Kier alpha value is -0.660. The van der Waals surface area contributed by atoms with Crippen molar-refractivity contribution in [1.29, 1.82) is 0 Å². The quantitative estimate of drug-likeness (QED) is 0.243. The largest absolute Gasteiger partial charge is 0.378 e. The summed E-state index contributed by atoms with van der Waals surface area (Å²) in [4.78, 5) is 38.3. The molecule has 0 aliphatic heterocycles. The Labute approximate surface area is 192 Å². The first-order chi connectivity index (χ1) is 14.1. The number of nitrogens with zero attached hydrogens (tertiary/aromatic N) is 3. The zero-order valence-corrected chi connectivity index (χ0v) is 20.4. The van der Waals surface area contributed by atoms with Crippen LogP contribution in [0.3, 0.4) is 0 Å². The van der Waals surface area contributed by atoms with Crippen LogP contribution in [0.1, 0.15) is 20.8 Å². The molecule has 3 unspecified atom stereocenters. The lowest BCUT2D eigenvalue weighted by Gasteiger charge is -2.15. The summed E-state index contributed by atoms with van der Waals surface area (Å²) in [5, 5.41) is 0.0974. The Balaban J connectivity index is 3.06. The van der Waals surface area contributed by atoms with E-state index in [1.807, 2.05) is 20.8 Å². The Morgan fingerprint density at radius 3 is 1.03 bits per heavy atom. The molecule has 0 amide bonds. The second-order valence-corrected chi connectivity index (χ2v) is 9.72. The van der Waals surface area contributed by atoms with Gasteiger partial charge in [-0.25, -0.2) is 28.1 Å². The van der Waals surface area contributed by atoms with Crippen LogP contribution < -0.4 is 17.1 Å². The Bertz CT molecular complexity index is 669. The summed E-state index contributed by atoms with van der Waals surface area (Å²) in [6.07, 6.45) is 0. The number of hydrogen-bond acceptors (Lipinski definition) is 9. The monoisotopic (exact) mass is 483 g/mol. The van der Waals surface area contributed by atoms with Gasteiger partial charge in [0.15, 0.2) is 0 Å². The van der Waals surface area contributed by atoms with E-state index in [1.165, 1.54) is 0 Å². The van der Waals surface area contributed by atoms with Gasteiger partial charge in [-0.15, -0.1) is 0 Å². The highest BCUT2D eigenvalue weighted by atomic mass is 32.1. The van der Waals surface area contributed by atoms with Crippen molar-refractivity contribution in [3.8, 4) is 0 Å². The van der Waals surface area contributed by atoms with Crippen molar-refractivity contribution in [3.05, 3.63) is 31.5 Å². The van der Waals surface area contributed by atoms with Gasteiger partial charge in [0.2, 0.25) is 0 Å². The minimum atomic E-state index is -0.684. The average Bonchev–Trinajstić information content (AvgIpc) is 2.65. The van der Waals surface area contributed by atoms with Gasteiger partial charge in [0.05, 0.1) is 59.3 Å². The fourth-order valence-electron chi connectivity index (χ4n) is 2.49. The summed E-state index contributed by atoms with van der Waals surface area (Å²) < 4.78 is 19.3. The molecule has 0 saturated carbocycles. The molecule has 1 rings (SSSR count). The molecule has 0 aliphatic carbocycles. The van der Waals surface area contributed by atoms with E-state index >= 15 is 0 Å². The molecule has 0 spiro atoms. The number of thiol groups is 3. The third kappa shape index (κ3) is 9.65. The molecular weight excluding hydrogens is 450 g/mol. The molecule has 0 radical (unpaired) electrons. The van der Waals surface area contributed by atoms with Gasteiger partial charge in [-0.2, -0.15) is 37.9 Å². The molecule has 0 N–H and O–H groups in total. The van der Waals surface area contributed by atoms with Gasteiger partial charge >= 0.3 is 17.1 Å². The van der Waals surface area contributed by atoms with Crippen LogP contribution >= 0.6 is 37.9 Å². The third-order valence-electron chi connectivity index (χ3n) is 3.84. The van der Waals surface area contributed by atoms with Crippen LogP contribution in [-0.4, -0.2) is 69.1 Å². The van der Waals surface area contributed by atoms with Crippen LogP contribution in [0.2, 0.25) is 0 Å². The molecule has 12 heteroatoms. The van der Waals surface area contributed by atoms with Crippen molar-refractivity contribution in [2.24, 2.45) is 0 Å². The zero-order chi connectivity index (χ0) is 22.7. The molecule has 174 valence electrons. The van der Waals surface area contributed by atoms with Gasteiger partial charge < -0.3 is 14.2 Å². The Morgan fingerprint density at radius 2 is 0.833 bits per heavy atom. The van der Waals surface area contributed by atoms with Crippen LogP contribution in [0.5, 0.6) is 0 Å². The van der Waals surface area contributed by atoms with E-state index < -0.39 is 17.1 Å². The van der Waals surface area contributed by atoms with E-state index in [-0.39, 0.29) is 55.2 Å². The smallest absolute Gasteiger partial charge is 0.336 e. The lowest BCUT2D eigenvalue weighted by molar-refractivity contribution is 0.115. The highest BCUT2D eigenvalue weighted by molar-refractivity contribution is 7.81. The fraction of sp³-hybridized carbons (Fsp3) is 0.833. The van der Waals surface area contributed by atoms with Gasteiger partial charge in [0.1, 0.15) is 0 Å². The highest BCUT2D eigenvalue weighted by Gasteiger charge is 2.15. The fourth-order valence-corrected chi connectivity index (χ4v) is 2.80. The van der Waals surface area contributed by atoms with E-state index in [4.69, 9.17) is 14.2 Å². The predicted octanol–water partition coefficient (Wildman–Crippen LogP) is 0.176. The van der Waals surface area contributed by atoms with Gasteiger partial charge in [-0.3, -0.25) is 0 Å². The van der Waals surface area contributed by atoms with E-state index in [0.717, 1.165) is 13.7 Å². The molecule has 0 saturated heterocycles. The first-order valence-corrected chi connectivity index (χ1v) is 11.4. The van der Waals surface area contributed by atoms with Crippen LogP contribution in [0.15, 0.2) is 14.4 Å². The topological polar surface area (TPSA) is 93.7 Å². The molecule has 0 bridgehead atoms. The summed E-state index contributed by atoms with van der Waals surface area (Å²) in [6.45, 7) is 7.33. The highest BCUT2D eigenvalue weighted by Crippen LogP contribution is 1.95. The maximum absolute atomic E-state index is 12.8. The molecule has 30 heavy (non-hydrogen) atoms. The maximum Gasteiger partial charge on any atom is 0.336 e. The van der Waals surface area contributed by atoms with Crippen LogP contribution in [-0.2, 0) is 33.8 Å². The third-order valence-corrected chi connectivity index (χ3v) is 4.29. The van der Waals surface area contributed by atoms with Crippen LogP contribution in [0, 0.1) is 0 Å². The van der Waals surface area contributed by atoms with Crippen molar-refractivity contribution < 1.29 is 14.2 Å². The van der Waals surface area contributed by atoms with E-state index in [9.17, 15) is 14.4 Å². The van der Waals surface area contributed by atoms with Gasteiger partial charge in [0, 0.05) is 15.7 Å². The summed E-state index contributed by atoms with van der Waals surface area (Å²) >= 11 is 12.7. The van der Waals surface area contributed by atoms with Crippen LogP contribution in [0.4, 0.5) is 0 Å². The molecular formula is C18H33N3O6S3. The lowest BCUT2D eigenvalue weighted by atomic mass is 10.5. The Kier molecular flexibility index (Phi) is 13.1. The number of ether oxygens (including phenoxy) is 3. The predicted molar refractivity (Wildman–Crippen MR) is 127 cm³/mol. The van der Waals surface area contributed by atoms with E-state index in [1.54, 1.807) is 0 Å². The number of hydrogen-bond donors (Lipinski definition) is 3. The van der Waals surface area contributed by atoms with Crippen molar-refractivity contribution in [2.45, 2.75) is 56.2 Å². The summed E-state index contributed by atoms with van der Waals surface area (Å²) in [7, 11) is 0. The van der Waals surface area contributed by atoms with Gasteiger partial charge in [0.25, 0.3) is 0 Å². The normalized spacial score (nSPS) is 14.6. The SMILES string of the molecule is CC(S)COCCn1c(=O)n(CCOCC(C)S)c(=O)n(CCOCC(C)S)c1=O. The molecule has 9 nitrogen and oxygen atoms in total. The molecule has 1 aromatic heterocycles. The molecule has 3 atom stereocenters. The molecule has 1 aromatic rings. The maximum atomic E-state index is 12.8. The van der Waals surface area contributed by atoms with Crippen molar-refractivity contribution in [3.63, 3.8) is 0 Å². The van der Waals surface area contributed by atoms with Crippen LogP contribution in [0.25, 0.3) is 0 Å². The van der Waals surface area contributed by atoms with E-state index in [0.29, 0.717) is 19.8 Å². The first-order valence-electron chi connectivity index (χ1n) is 9.87. The summed E-state index contributed by atoms with van der Waals surface area (Å²) in [5.74, 6) is 0. The summed E-state index contributed by atoms with van der Waals surface area (Å²) in [6, 6.07) is 0. The van der Waals surface area contributed by atoms with Crippen molar-refractivity contribution in [1.82, 2.24) is 13.7 Å². The first kappa shape index (κ1) is 27.4.